The van der Waals surface area contributed by atoms with E-state index in [1.807, 2.05) is 45.9 Å². The molecule has 90 valence electrons. The van der Waals surface area contributed by atoms with Gasteiger partial charge < -0.3 is 9.47 Å². The number of ether oxygens (including phenoxy) is 2. The fraction of sp³-hybridized carbons (Fsp3) is 0.538. The molecular weight excluding hydrogens is 224 g/mol. The lowest BCUT2D eigenvalue weighted by Crippen LogP contribution is -2.30. The lowest BCUT2D eigenvalue weighted by Gasteiger charge is -2.31. The Hall–Kier alpha value is -0.570. The van der Waals surface area contributed by atoms with Crippen molar-refractivity contribution in [2.45, 2.75) is 33.5 Å². The van der Waals surface area contributed by atoms with Gasteiger partial charge in [-0.25, -0.2) is 0 Å². The highest BCUT2D eigenvalue weighted by Gasteiger charge is 2.29. The van der Waals surface area contributed by atoms with Crippen molar-refractivity contribution in [3.63, 3.8) is 0 Å². The molecule has 0 N–H and O–H groups in total. The maximum absolute atomic E-state index is 6.01. The SMILES string of the molecule is CCOC(C)(OCC)c1cc(Cl)ccc1C. The third kappa shape index (κ3) is 2.97. The van der Waals surface area contributed by atoms with Gasteiger partial charge in [-0.2, -0.15) is 0 Å². The van der Waals surface area contributed by atoms with Crippen LogP contribution < -0.4 is 0 Å². The van der Waals surface area contributed by atoms with E-state index in [9.17, 15) is 0 Å². The van der Waals surface area contributed by atoms with Gasteiger partial charge in [0.15, 0.2) is 5.79 Å². The molecule has 0 aliphatic heterocycles. The summed E-state index contributed by atoms with van der Waals surface area (Å²) in [5.41, 5.74) is 2.11. The highest BCUT2D eigenvalue weighted by molar-refractivity contribution is 6.30. The Kier molecular flexibility index (Phi) is 4.78. The molecule has 16 heavy (non-hydrogen) atoms. The van der Waals surface area contributed by atoms with Gasteiger partial charge in [0.1, 0.15) is 0 Å². The van der Waals surface area contributed by atoms with Crippen LogP contribution in [0.3, 0.4) is 0 Å². The van der Waals surface area contributed by atoms with Gasteiger partial charge >= 0.3 is 0 Å². The topological polar surface area (TPSA) is 18.5 Å². The zero-order chi connectivity index (χ0) is 12.2. The van der Waals surface area contributed by atoms with Gasteiger partial charge in [-0.1, -0.05) is 17.7 Å². The highest BCUT2D eigenvalue weighted by Crippen LogP contribution is 2.31. The molecule has 1 aromatic carbocycles. The molecule has 1 rings (SSSR count). The average molecular weight is 243 g/mol. The molecule has 3 heteroatoms. The zero-order valence-electron chi connectivity index (χ0n) is 10.3. The number of rotatable bonds is 5. The average Bonchev–Trinajstić information content (AvgIpc) is 2.22. The molecule has 0 radical (unpaired) electrons. The Balaban J connectivity index is 3.14. The zero-order valence-corrected chi connectivity index (χ0v) is 11.1. The van der Waals surface area contributed by atoms with Gasteiger partial charge in [-0.15, -0.1) is 0 Å². The fourth-order valence-electron chi connectivity index (χ4n) is 1.83. The van der Waals surface area contributed by atoms with Crippen LogP contribution in [0.4, 0.5) is 0 Å². The predicted octanol–water partition coefficient (Wildman–Crippen LogP) is 3.89. The van der Waals surface area contributed by atoms with Crippen LogP contribution >= 0.6 is 11.6 Å². The Bertz CT molecular complexity index is 344. The van der Waals surface area contributed by atoms with Crippen molar-refractivity contribution in [2.75, 3.05) is 13.2 Å². The van der Waals surface area contributed by atoms with Crippen molar-refractivity contribution in [1.82, 2.24) is 0 Å². The van der Waals surface area contributed by atoms with E-state index in [4.69, 9.17) is 21.1 Å². The van der Waals surface area contributed by atoms with E-state index in [2.05, 4.69) is 0 Å². The van der Waals surface area contributed by atoms with Crippen LogP contribution in [0.25, 0.3) is 0 Å². The molecule has 0 atom stereocenters. The van der Waals surface area contributed by atoms with Crippen LogP contribution in [0.1, 0.15) is 31.9 Å². The monoisotopic (exact) mass is 242 g/mol. The molecule has 2 nitrogen and oxygen atoms in total. The van der Waals surface area contributed by atoms with Crippen LogP contribution in [0.2, 0.25) is 5.02 Å². The summed E-state index contributed by atoms with van der Waals surface area (Å²) in [5, 5.41) is 0.700. The first kappa shape index (κ1) is 13.5. The van der Waals surface area contributed by atoms with E-state index in [-0.39, 0.29) is 0 Å². The van der Waals surface area contributed by atoms with Gasteiger partial charge in [0.25, 0.3) is 0 Å². The van der Waals surface area contributed by atoms with Crippen LogP contribution in [0.15, 0.2) is 18.2 Å². The minimum atomic E-state index is -0.710. The number of hydrogen-bond donors (Lipinski definition) is 0. The second-order valence-corrected chi connectivity index (χ2v) is 4.21. The van der Waals surface area contributed by atoms with Crippen molar-refractivity contribution >= 4 is 11.6 Å². The van der Waals surface area contributed by atoms with Crippen molar-refractivity contribution in [1.29, 1.82) is 0 Å². The summed E-state index contributed by atoms with van der Waals surface area (Å²) in [4.78, 5) is 0. The van der Waals surface area contributed by atoms with Gasteiger partial charge in [0.05, 0.1) is 0 Å². The quantitative estimate of drug-likeness (QED) is 0.730. The Morgan fingerprint density at radius 3 is 2.25 bits per heavy atom. The van der Waals surface area contributed by atoms with E-state index in [0.29, 0.717) is 18.2 Å². The molecule has 0 fully saturated rings. The van der Waals surface area contributed by atoms with Crippen molar-refractivity contribution < 1.29 is 9.47 Å². The molecule has 0 bridgehead atoms. The van der Waals surface area contributed by atoms with E-state index in [0.717, 1.165) is 11.1 Å². The molecular formula is C13H19ClO2. The minimum absolute atomic E-state index is 0.600. The van der Waals surface area contributed by atoms with Gasteiger partial charge in [-0.3, -0.25) is 0 Å². The lowest BCUT2D eigenvalue weighted by atomic mass is 10.0. The predicted molar refractivity (Wildman–Crippen MR) is 66.8 cm³/mol. The van der Waals surface area contributed by atoms with Gasteiger partial charge in [-0.05, 0) is 45.4 Å². The number of hydrogen-bond acceptors (Lipinski definition) is 2. The molecule has 0 aromatic heterocycles. The molecule has 0 saturated carbocycles. The molecule has 0 aliphatic carbocycles. The van der Waals surface area contributed by atoms with Gasteiger partial charge in [0, 0.05) is 23.8 Å². The summed E-state index contributed by atoms with van der Waals surface area (Å²) in [6.45, 7) is 9.07. The molecule has 0 saturated heterocycles. The number of halogens is 1. The molecule has 0 spiro atoms. The Labute approximate surface area is 103 Å². The first-order chi connectivity index (χ1) is 7.53. The summed E-state index contributed by atoms with van der Waals surface area (Å²) in [6.07, 6.45) is 0. The summed E-state index contributed by atoms with van der Waals surface area (Å²) < 4.78 is 11.4. The molecule has 0 unspecified atom stereocenters. The first-order valence-electron chi connectivity index (χ1n) is 5.58. The minimum Gasteiger partial charge on any atom is -0.346 e. The lowest BCUT2D eigenvalue weighted by molar-refractivity contribution is -0.230. The molecule has 0 amide bonds. The normalized spacial score (nSPS) is 11.8. The Morgan fingerprint density at radius 1 is 1.19 bits per heavy atom. The third-order valence-corrected chi connectivity index (χ3v) is 2.76. The second-order valence-electron chi connectivity index (χ2n) is 3.77. The molecule has 1 aromatic rings. The van der Waals surface area contributed by atoms with Crippen molar-refractivity contribution in [2.24, 2.45) is 0 Å². The van der Waals surface area contributed by atoms with Crippen LogP contribution in [0, 0.1) is 6.92 Å². The number of aryl methyl sites for hydroxylation is 1. The summed E-state index contributed by atoms with van der Waals surface area (Å²) >= 11 is 6.01. The smallest absolute Gasteiger partial charge is 0.192 e. The summed E-state index contributed by atoms with van der Waals surface area (Å²) in [7, 11) is 0. The molecule has 0 aliphatic rings. The summed E-state index contributed by atoms with van der Waals surface area (Å²) in [6, 6.07) is 5.76. The maximum Gasteiger partial charge on any atom is 0.192 e. The van der Waals surface area contributed by atoms with E-state index in [1.165, 1.54) is 0 Å². The number of benzene rings is 1. The van der Waals surface area contributed by atoms with Gasteiger partial charge in [0.2, 0.25) is 0 Å². The Morgan fingerprint density at radius 2 is 1.75 bits per heavy atom. The molecule has 0 heterocycles. The van der Waals surface area contributed by atoms with E-state index < -0.39 is 5.79 Å². The van der Waals surface area contributed by atoms with Crippen molar-refractivity contribution in [3.05, 3.63) is 34.3 Å². The highest BCUT2D eigenvalue weighted by atomic mass is 35.5. The van der Waals surface area contributed by atoms with Crippen molar-refractivity contribution in [3.8, 4) is 0 Å². The summed E-state index contributed by atoms with van der Waals surface area (Å²) in [5.74, 6) is -0.710. The third-order valence-electron chi connectivity index (χ3n) is 2.53. The van der Waals surface area contributed by atoms with E-state index >= 15 is 0 Å². The van der Waals surface area contributed by atoms with Crippen LogP contribution in [0.5, 0.6) is 0 Å². The fourth-order valence-corrected chi connectivity index (χ4v) is 2.00. The van der Waals surface area contributed by atoms with Crippen LogP contribution in [-0.4, -0.2) is 13.2 Å². The maximum atomic E-state index is 6.01. The van der Waals surface area contributed by atoms with Crippen LogP contribution in [-0.2, 0) is 15.3 Å². The standard InChI is InChI=1S/C13H19ClO2/c1-5-15-13(4,16-6-2)12-9-11(14)8-7-10(12)3/h7-9H,5-6H2,1-4H3. The van der Waals surface area contributed by atoms with E-state index in [1.54, 1.807) is 0 Å². The second kappa shape index (κ2) is 5.67. The first-order valence-corrected chi connectivity index (χ1v) is 5.95. The largest absolute Gasteiger partial charge is 0.346 e.